The highest BCUT2D eigenvalue weighted by molar-refractivity contribution is 6.52. The molecule has 1 aliphatic rings. The first-order valence-electron chi connectivity index (χ1n) is 3.61. The SMILES string of the molecule is COB(C)C1CCCN1. The van der Waals surface area contributed by atoms with Crippen molar-refractivity contribution >= 4 is 6.92 Å². The Morgan fingerprint density at radius 3 is 2.89 bits per heavy atom. The van der Waals surface area contributed by atoms with Crippen LogP contribution in [0.3, 0.4) is 0 Å². The average molecular weight is 127 g/mol. The summed E-state index contributed by atoms with van der Waals surface area (Å²) in [5.74, 6) is 0.606. The third-order valence-electron chi connectivity index (χ3n) is 2.04. The summed E-state index contributed by atoms with van der Waals surface area (Å²) < 4.78 is 5.17. The molecule has 1 fully saturated rings. The summed E-state index contributed by atoms with van der Waals surface area (Å²) in [6.45, 7) is 3.66. The molecule has 1 atom stereocenters. The Labute approximate surface area is 57.1 Å². The minimum atomic E-state index is 0.382. The van der Waals surface area contributed by atoms with Gasteiger partial charge in [-0.3, -0.25) is 0 Å². The van der Waals surface area contributed by atoms with Crippen LogP contribution >= 0.6 is 0 Å². The lowest BCUT2D eigenvalue weighted by Gasteiger charge is -2.12. The van der Waals surface area contributed by atoms with Crippen LogP contribution in [0, 0.1) is 0 Å². The van der Waals surface area contributed by atoms with Gasteiger partial charge in [-0.05, 0) is 19.4 Å². The van der Waals surface area contributed by atoms with Crippen LogP contribution < -0.4 is 5.32 Å². The Bertz CT molecular complexity index is 83.1. The molecule has 0 aromatic heterocycles. The molecule has 0 aliphatic carbocycles. The summed E-state index contributed by atoms with van der Waals surface area (Å²) >= 11 is 0. The molecule has 0 saturated carbocycles. The van der Waals surface area contributed by atoms with Crippen molar-refractivity contribution < 1.29 is 4.65 Å². The molecule has 0 radical (unpaired) electrons. The molecule has 1 N–H and O–H groups in total. The first-order chi connectivity index (χ1) is 4.34. The molecule has 1 unspecified atom stereocenters. The molecule has 9 heavy (non-hydrogen) atoms. The van der Waals surface area contributed by atoms with Crippen molar-refractivity contribution in [1.82, 2.24) is 5.32 Å². The highest BCUT2D eigenvalue weighted by Gasteiger charge is 2.23. The number of hydrogen-bond donors (Lipinski definition) is 1. The maximum atomic E-state index is 5.17. The maximum absolute atomic E-state index is 5.17. The first-order valence-corrected chi connectivity index (χ1v) is 3.61. The smallest absolute Gasteiger partial charge is 0.306 e. The Balaban J connectivity index is 2.24. The van der Waals surface area contributed by atoms with Crippen LogP contribution in [0.5, 0.6) is 0 Å². The molecule has 0 aromatic rings. The van der Waals surface area contributed by atoms with Crippen LogP contribution in [0.4, 0.5) is 0 Å². The van der Waals surface area contributed by atoms with E-state index >= 15 is 0 Å². The Kier molecular flexibility index (Phi) is 2.55. The van der Waals surface area contributed by atoms with Crippen molar-refractivity contribution in [3.8, 4) is 0 Å². The summed E-state index contributed by atoms with van der Waals surface area (Å²) in [7, 11) is 1.77. The van der Waals surface area contributed by atoms with E-state index in [0.29, 0.717) is 12.9 Å². The average Bonchev–Trinajstić information content (AvgIpc) is 2.37. The fourth-order valence-corrected chi connectivity index (χ4v) is 1.28. The minimum absolute atomic E-state index is 0.382. The van der Waals surface area contributed by atoms with Gasteiger partial charge >= 0.3 is 6.92 Å². The van der Waals surface area contributed by atoms with Crippen molar-refractivity contribution in [3.63, 3.8) is 0 Å². The second kappa shape index (κ2) is 3.23. The highest BCUT2D eigenvalue weighted by atomic mass is 16.4. The molecule has 1 rings (SSSR count). The summed E-state index contributed by atoms with van der Waals surface area (Å²) in [5, 5.41) is 3.38. The lowest BCUT2D eigenvalue weighted by molar-refractivity contribution is 0.408. The normalized spacial score (nSPS) is 26.7. The van der Waals surface area contributed by atoms with Gasteiger partial charge in [-0.25, -0.2) is 0 Å². The zero-order valence-electron chi connectivity index (χ0n) is 6.18. The van der Waals surface area contributed by atoms with Gasteiger partial charge in [0.1, 0.15) is 0 Å². The van der Waals surface area contributed by atoms with Crippen LogP contribution in [0.25, 0.3) is 0 Å². The number of rotatable bonds is 2. The van der Waals surface area contributed by atoms with E-state index in [1.807, 2.05) is 0 Å². The fraction of sp³-hybridized carbons (Fsp3) is 1.00. The van der Waals surface area contributed by atoms with Gasteiger partial charge in [-0.15, -0.1) is 0 Å². The molecule has 0 amide bonds. The molecule has 0 aromatic carbocycles. The topological polar surface area (TPSA) is 21.3 Å². The quantitative estimate of drug-likeness (QED) is 0.546. The molecule has 1 heterocycles. The van der Waals surface area contributed by atoms with E-state index in [2.05, 4.69) is 12.1 Å². The van der Waals surface area contributed by atoms with Crippen molar-refractivity contribution in [1.29, 1.82) is 0 Å². The standard InChI is InChI=1S/C6H14BNO/c1-7(9-2)6-4-3-5-8-6/h6,8H,3-5H2,1-2H3. The van der Waals surface area contributed by atoms with Crippen LogP contribution in [0.1, 0.15) is 12.8 Å². The van der Waals surface area contributed by atoms with Crippen molar-refractivity contribution in [2.24, 2.45) is 0 Å². The summed E-state index contributed by atoms with van der Waals surface area (Å²) in [6.07, 6.45) is 2.58. The molecule has 52 valence electrons. The van der Waals surface area contributed by atoms with Gasteiger partial charge < -0.3 is 9.97 Å². The molecular formula is C6H14BNO. The molecule has 0 bridgehead atoms. The number of nitrogens with one attached hydrogen (secondary N) is 1. The van der Waals surface area contributed by atoms with Gasteiger partial charge in [0, 0.05) is 13.1 Å². The summed E-state index contributed by atoms with van der Waals surface area (Å²) in [5.41, 5.74) is 0. The van der Waals surface area contributed by atoms with E-state index in [0.717, 1.165) is 0 Å². The summed E-state index contributed by atoms with van der Waals surface area (Å²) in [6, 6.07) is 0. The Morgan fingerprint density at radius 1 is 1.67 bits per heavy atom. The second-order valence-corrected chi connectivity index (χ2v) is 2.64. The summed E-state index contributed by atoms with van der Waals surface area (Å²) in [4.78, 5) is 0. The highest BCUT2D eigenvalue weighted by Crippen LogP contribution is 2.07. The lowest BCUT2D eigenvalue weighted by atomic mass is 9.62. The predicted molar refractivity (Wildman–Crippen MR) is 39.7 cm³/mol. The van der Waals surface area contributed by atoms with Crippen molar-refractivity contribution in [2.75, 3.05) is 13.7 Å². The largest absolute Gasteiger partial charge is 0.437 e. The number of hydrogen-bond acceptors (Lipinski definition) is 2. The van der Waals surface area contributed by atoms with E-state index in [4.69, 9.17) is 4.65 Å². The third-order valence-corrected chi connectivity index (χ3v) is 2.04. The minimum Gasteiger partial charge on any atom is -0.437 e. The molecule has 1 saturated heterocycles. The molecular weight excluding hydrogens is 113 g/mol. The second-order valence-electron chi connectivity index (χ2n) is 2.64. The van der Waals surface area contributed by atoms with Crippen LogP contribution in [-0.2, 0) is 4.65 Å². The predicted octanol–water partition coefficient (Wildman–Crippen LogP) is 0.545. The fourth-order valence-electron chi connectivity index (χ4n) is 1.28. The van der Waals surface area contributed by atoms with Crippen LogP contribution in [0.2, 0.25) is 6.82 Å². The Hall–Kier alpha value is -0.0151. The zero-order valence-corrected chi connectivity index (χ0v) is 6.18. The van der Waals surface area contributed by atoms with Crippen molar-refractivity contribution in [2.45, 2.75) is 25.6 Å². The first kappa shape index (κ1) is 7.10. The maximum Gasteiger partial charge on any atom is 0.306 e. The lowest BCUT2D eigenvalue weighted by Crippen LogP contribution is -2.37. The van der Waals surface area contributed by atoms with E-state index < -0.39 is 0 Å². The van der Waals surface area contributed by atoms with E-state index in [1.54, 1.807) is 7.11 Å². The van der Waals surface area contributed by atoms with Crippen molar-refractivity contribution in [3.05, 3.63) is 0 Å². The van der Waals surface area contributed by atoms with Crippen LogP contribution in [0.15, 0.2) is 0 Å². The van der Waals surface area contributed by atoms with E-state index in [-0.39, 0.29) is 0 Å². The van der Waals surface area contributed by atoms with E-state index in [9.17, 15) is 0 Å². The Morgan fingerprint density at radius 2 is 2.44 bits per heavy atom. The molecule has 3 heteroatoms. The van der Waals surface area contributed by atoms with Gasteiger partial charge in [0.15, 0.2) is 0 Å². The monoisotopic (exact) mass is 127 g/mol. The van der Waals surface area contributed by atoms with Crippen LogP contribution in [-0.4, -0.2) is 26.5 Å². The van der Waals surface area contributed by atoms with Gasteiger partial charge in [0.2, 0.25) is 0 Å². The van der Waals surface area contributed by atoms with Gasteiger partial charge in [-0.1, -0.05) is 6.82 Å². The zero-order chi connectivity index (χ0) is 6.69. The van der Waals surface area contributed by atoms with E-state index in [1.165, 1.54) is 19.4 Å². The van der Waals surface area contributed by atoms with Gasteiger partial charge in [0.05, 0.1) is 0 Å². The van der Waals surface area contributed by atoms with Gasteiger partial charge in [-0.2, -0.15) is 0 Å². The third kappa shape index (κ3) is 1.70. The molecule has 2 nitrogen and oxygen atoms in total. The molecule has 1 aliphatic heterocycles. The van der Waals surface area contributed by atoms with Gasteiger partial charge in [0.25, 0.3) is 0 Å². The molecule has 0 spiro atoms.